The van der Waals surface area contributed by atoms with E-state index in [0.29, 0.717) is 23.8 Å². The maximum Gasteiger partial charge on any atom is 0.315 e. The highest BCUT2D eigenvalue weighted by atomic mass is 32.2. The minimum atomic E-state index is -0.0240. The smallest absolute Gasteiger partial charge is 0.315 e. The van der Waals surface area contributed by atoms with Crippen LogP contribution in [0.1, 0.15) is 38.5 Å². The summed E-state index contributed by atoms with van der Waals surface area (Å²) >= 11 is 1.94. The number of amides is 3. The number of rotatable bonds is 6. The minimum Gasteiger partial charge on any atom is -0.353 e. The van der Waals surface area contributed by atoms with E-state index in [1.165, 1.54) is 0 Å². The topological polar surface area (TPSA) is 70.2 Å². The summed E-state index contributed by atoms with van der Waals surface area (Å²) in [6.45, 7) is 0. The van der Waals surface area contributed by atoms with Gasteiger partial charge >= 0.3 is 6.03 Å². The van der Waals surface area contributed by atoms with Crippen molar-refractivity contribution in [1.82, 2.24) is 16.0 Å². The van der Waals surface area contributed by atoms with E-state index in [1.54, 1.807) is 0 Å². The molecular formula is C13H21N3O2S. The molecule has 0 aromatic carbocycles. The van der Waals surface area contributed by atoms with Gasteiger partial charge in [0.15, 0.2) is 0 Å². The van der Waals surface area contributed by atoms with Crippen LogP contribution in [0.3, 0.4) is 0 Å². The summed E-state index contributed by atoms with van der Waals surface area (Å²) in [4.78, 5) is 22.8. The lowest BCUT2D eigenvalue weighted by molar-refractivity contribution is -0.121. The van der Waals surface area contributed by atoms with E-state index in [0.717, 1.165) is 37.9 Å². The van der Waals surface area contributed by atoms with Gasteiger partial charge in [-0.2, -0.15) is 11.8 Å². The first-order valence-electron chi connectivity index (χ1n) is 7.20. The van der Waals surface area contributed by atoms with Crippen LogP contribution < -0.4 is 16.0 Å². The van der Waals surface area contributed by atoms with Gasteiger partial charge in [0, 0.05) is 23.5 Å². The van der Waals surface area contributed by atoms with Crippen molar-refractivity contribution < 1.29 is 9.59 Å². The largest absolute Gasteiger partial charge is 0.353 e. The number of carbonyl (C=O) groups excluding carboxylic acids is 2. The molecule has 0 spiro atoms. The van der Waals surface area contributed by atoms with Crippen molar-refractivity contribution in [3.05, 3.63) is 0 Å². The van der Waals surface area contributed by atoms with Gasteiger partial charge in [-0.05, 0) is 25.7 Å². The van der Waals surface area contributed by atoms with E-state index >= 15 is 0 Å². The molecule has 0 radical (unpaired) electrons. The zero-order valence-electron chi connectivity index (χ0n) is 11.0. The molecule has 0 unspecified atom stereocenters. The average molecular weight is 283 g/mol. The number of fused-ring (bicyclic) bond motifs is 1. The van der Waals surface area contributed by atoms with Crippen LogP contribution >= 0.6 is 11.8 Å². The predicted molar refractivity (Wildman–Crippen MR) is 75.1 cm³/mol. The zero-order chi connectivity index (χ0) is 13.2. The van der Waals surface area contributed by atoms with E-state index in [2.05, 4.69) is 16.0 Å². The van der Waals surface area contributed by atoms with E-state index in [9.17, 15) is 9.59 Å². The Morgan fingerprint density at radius 1 is 1.32 bits per heavy atom. The molecule has 2 aliphatic heterocycles. The number of hydrogen-bond donors (Lipinski definition) is 3. The van der Waals surface area contributed by atoms with Crippen molar-refractivity contribution in [3.8, 4) is 0 Å². The van der Waals surface area contributed by atoms with Crippen LogP contribution in [-0.4, -0.2) is 41.1 Å². The molecule has 3 atom stereocenters. The number of urea groups is 1. The van der Waals surface area contributed by atoms with E-state index in [1.807, 2.05) is 11.8 Å². The van der Waals surface area contributed by atoms with Crippen molar-refractivity contribution in [2.75, 3.05) is 5.75 Å². The molecule has 3 amide bonds. The standard InChI is InChI=1S/C13H21N3O2S/c17-11(14-8-5-6-8)4-2-1-3-10-12-9(7-19-10)15-13(18)16-12/h8-10,12H,1-7H2,(H,14,17)(H2,15,16,18)/t9-,10-,12-/m0/s1. The average Bonchev–Trinajstić information content (AvgIpc) is 2.98. The molecule has 2 saturated heterocycles. The van der Waals surface area contributed by atoms with Crippen molar-refractivity contribution in [2.45, 2.75) is 61.9 Å². The second-order valence-electron chi connectivity index (χ2n) is 5.71. The van der Waals surface area contributed by atoms with Crippen molar-refractivity contribution >= 4 is 23.7 Å². The van der Waals surface area contributed by atoms with Crippen LogP contribution in [-0.2, 0) is 4.79 Å². The van der Waals surface area contributed by atoms with E-state index in [-0.39, 0.29) is 18.0 Å². The first-order valence-corrected chi connectivity index (χ1v) is 8.25. The number of carbonyl (C=O) groups is 2. The van der Waals surface area contributed by atoms with Crippen LogP contribution in [0.15, 0.2) is 0 Å². The summed E-state index contributed by atoms with van der Waals surface area (Å²) in [6.07, 6.45) is 6.06. The first kappa shape index (κ1) is 13.1. The fraction of sp³-hybridized carbons (Fsp3) is 0.846. The molecule has 106 valence electrons. The van der Waals surface area contributed by atoms with Gasteiger partial charge in [-0.25, -0.2) is 4.79 Å². The van der Waals surface area contributed by atoms with Crippen LogP contribution in [0, 0.1) is 0 Å². The van der Waals surface area contributed by atoms with Crippen molar-refractivity contribution in [1.29, 1.82) is 0 Å². The third-order valence-electron chi connectivity index (χ3n) is 4.02. The van der Waals surface area contributed by atoms with Crippen molar-refractivity contribution in [3.63, 3.8) is 0 Å². The van der Waals surface area contributed by atoms with Gasteiger partial charge in [-0.15, -0.1) is 0 Å². The van der Waals surface area contributed by atoms with Gasteiger partial charge in [0.2, 0.25) is 5.91 Å². The third-order valence-corrected chi connectivity index (χ3v) is 5.53. The molecular weight excluding hydrogens is 262 g/mol. The van der Waals surface area contributed by atoms with Crippen molar-refractivity contribution in [2.24, 2.45) is 0 Å². The molecule has 0 bridgehead atoms. The first-order chi connectivity index (χ1) is 9.22. The summed E-state index contributed by atoms with van der Waals surface area (Å²) in [5.74, 6) is 1.21. The Hall–Kier alpha value is -0.910. The molecule has 19 heavy (non-hydrogen) atoms. The highest BCUT2D eigenvalue weighted by molar-refractivity contribution is 8.00. The Morgan fingerprint density at radius 3 is 2.95 bits per heavy atom. The normalized spacial score (nSPS) is 32.6. The van der Waals surface area contributed by atoms with Gasteiger partial charge in [0.1, 0.15) is 0 Å². The van der Waals surface area contributed by atoms with E-state index in [4.69, 9.17) is 0 Å². The molecule has 3 fully saturated rings. The van der Waals surface area contributed by atoms with Gasteiger partial charge < -0.3 is 16.0 Å². The molecule has 0 aromatic rings. The lowest BCUT2D eigenvalue weighted by Crippen LogP contribution is -2.36. The molecule has 1 aliphatic carbocycles. The van der Waals surface area contributed by atoms with Crippen LogP contribution in [0.25, 0.3) is 0 Å². The summed E-state index contributed by atoms with van der Waals surface area (Å²) in [7, 11) is 0. The highest BCUT2D eigenvalue weighted by Crippen LogP contribution is 2.33. The van der Waals surface area contributed by atoms with Crippen LogP contribution in [0.5, 0.6) is 0 Å². The molecule has 0 aromatic heterocycles. The second-order valence-corrected chi connectivity index (χ2v) is 6.98. The van der Waals surface area contributed by atoms with Gasteiger partial charge in [0.05, 0.1) is 12.1 Å². The maximum absolute atomic E-state index is 11.5. The minimum absolute atomic E-state index is 0.0240. The van der Waals surface area contributed by atoms with Gasteiger partial charge in [0.25, 0.3) is 0 Å². The molecule has 3 rings (SSSR count). The quantitative estimate of drug-likeness (QED) is 0.503. The Balaban J connectivity index is 1.31. The fourth-order valence-corrected chi connectivity index (χ4v) is 4.35. The molecule has 2 heterocycles. The fourth-order valence-electron chi connectivity index (χ4n) is 2.80. The predicted octanol–water partition coefficient (Wildman–Crippen LogP) is 0.991. The summed E-state index contributed by atoms with van der Waals surface area (Å²) in [6, 6.07) is 1.04. The Morgan fingerprint density at radius 2 is 2.16 bits per heavy atom. The van der Waals surface area contributed by atoms with Gasteiger partial charge in [-0.3, -0.25) is 4.79 Å². The monoisotopic (exact) mass is 283 g/mol. The number of nitrogens with one attached hydrogen (secondary N) is 3. The lowest BCUT2D eigenvalue weighted by atomic mass is 10.0. The number of unbranched alkanes of at least 4 members (excludes halogenated alkanes) is 1. The lowest BCUT2D eigenvalue weighted by Gasteiger charge is -2.16. The highest BCUT2D eigenvalue weighted by Gasteiger charge is 2.42. The third kappa shape index (κ3) is 3.35. The molecule has 3 aliphatic rings. The van der Waals surface area contributed by atoms with Crippen LogP contribution in [0.2, 0.25) is 0 Å². The Labute approximate surface area is 117 Å². The summed E-state index contributed by atoms with van der Waals surface area (Å²) in [5.41, 5.74) is 0. The molecule has 3 N–H and O–H groups in total. The summed E-state index contributed by atoms with van der Waals surface area (Å²) in [5, 5.41) is 9.47. The SMILES string of the molecule is O=C(CCCC[C@@H]1SC[C@@H]2NC(=O)N[C@@H]21)NC1CC1. The number of thioether (sulfide) groups is 1. The zero-order valence-corrected chi connectivity index (χ0v) is 11.8. The van der Waals surface area contributed by atoms with E-state index < -0.39 is 0 Å². The molecule has 1 saturated carbocycles. The Bertz CT molecular complexity index is 373. The molecule has 5 nitrogen and oxygen atoms in total. The molecule has 6 heteroatoms. The maximum atomic E-state index is 11.5. The second kappa shape index (κ2) is 5.61. The van der Waals surface area contributed by atoms with Gasteiger partial charge in [-0.1, -0.05) is 6.42 Å². The number of hydrogen-bond acceptors (Lipinski definition) is 3. The summed E-state index contributed by atoms with van der Waals surface area (Å²) < 4.78 is 0. The van der Waals surface area contributed by atoms with Crippen LogP contribution in [0.4, 0.5) is 4.79 Å². The Kier molecular flexibility index (Phi) is 3.86.